The van der Waals surface area contributed by atoms with Crippen LogP contribution >= 0.6 is 0 Å². The second-order valence-electron chi connectivity index (χ2n) is 3.55. The zero-order chi connectivity index (χ0) is 14.0. The van der Waals surface area contributed by atoms with Crippen LogP contribution < -0.4 is 4.74 Å². The van der Waals surface area contributed by atoms with Crippen LogP contribution in [0.25, 0.3) is 11.1 Å². The molecule has 2 rings (SSSR count). The number of aromatic nitrogens is 1. The third kappa shape index (κ3) is 3.18. The summed E-state index contributed by atoms with van der Waals surface area (Å²) in [6.07, 6.45) is -3.17. The van der Waals surface area contributed by atoms with Gasteiger partial charge in [-0.1, -0.05) is 12.1 Å². The van der Waals surface area contributed by atoms with Gasteiger partial charge in [0.1, 0.15) is 5.75 Å². The third-order valence-electron chi connectivity index (χ3n) is 2.23. The Bertz CT molecular complexity index is 559. The van der Waals surface area contributed by atoms with Crippen molar-refractivity contribution < 1.29 is 26.7 Å². The van der Waals surface area contributed by atoms with Gasteiger partial charge in [-0.3, -0.25) is 4.98 Å². The Morgan fingerprint density at radius 1 is 0.895 bits per heavy atom. The van der Waals surface area contributed by atoms with Crippen molar-refractivity contribution in [2.24, 2.45) is 0 Å². The zero-order valence-corrected chi connectivity index (χ0v) is 9.21. The smallest absolute Gasteiger partial charge is 0.406 e. The summed E-state index contributed by atoms with van der Waals surface area (Å²) in [7, 11) is 0. The van der Waals surface area contributed by atoms with E-state index >= 15 is 0 Å². The molecule has 0 bridgehead atoms. The number of alkyl halides is 3. The van der Waals surface area contributed by atoms with Crippen molar-refractivity contribution in [1.82, 2.24) is 4.98 Å². The summed E-state index contributed by atoms with van der Waals surface area (Å²) in [6, 6.07) is 4.20. The van der Waals surface area contributed by atoms with E-state index in [0.717, 1.165) is 36.7 Å². The van der Waals surface area contributed by atoms with Crippen LogP contribution in [0.15, 0.2) is 36.7 Å². The minimum atomic E-state index is -4.81. The highest BCUT2D eigenvalue weighted by atomic mass is 19.4. The Hall–Kier alpha value is -2.18. The lowest BCUT2D eigenvalue weighted by Crippen LogP contribution is -2.16. The molecule has 1 aromatic carbocycles. The van der Waals surface area contributed by atoms with Crippen molar-refractivity contribution in [2.75, 3.05) is 0 Å². The van der Waals surface area contributed by atoms with E-state index in [1.165, 1.54) is 0 Å². The minimum absolute atomic E-state index is 0.0897. The van der Waals surface area contributed by atoms with Crippen molar-refractivity contribution in [3.8, 4) is 16.9 Å². The minimum Gasteiger partial charge on any atom is -0.406 e. The monoisotopic (exact) mass is 275 g/mol. The number of benzene rings is 1. The fraction of sp³-hybridized carbons (Fsp3) is 0.0833. The van der Waals surface area contributed by atoms with Crippen LogP contribution in [0.1, 0.15) is 0 Å². The van der Waals surface area contributed by atoms with Gasteiger partial charge in [-0.05, 0) is 17.7 Å². The van der Waals surface area contributed by atoms with Crippen molar-refractivity contribution in [1.29, 1.82) is 0 Å². The van der Waals surface area contributed by atoms with Crippen molar-refractivity contribution in [3.05, 3.63) is 48.3 Å². The van der Waals surface area contributed by atoms with Gasteiger partial charge >= 0.3 is 6.36 Å². The summed E-state index contributed by atoms with van der Waals surface area (Å²) in [5, 5.41) is 0. The van der Waals surface area contributed by atoms with Gasteiger partial charge in [-0.2, -0.15) is 0 Å². The molecule has 2 nitrogen and oxygen atoms in total. The quantitative estimate of drug-likeness (QED) is 0.775. The van der Waals surface area contributed by atoms with E-state index < -0.39 is 23.7 Å². The fourth-order valence-corrected chi connectivity index (χ4v) is 1.51. The topological polar surface area (TPSA) is 22.1 Å². The molecule has 0 saturated heterocycles. The number of rotatable bonds is 2. The van der Waals surface area contributed by atoms with Crippen molar-refractivity contribution in [3.63, 3.8) is 0 Å². The molecular weight excluding hydrogens is 269 g/mol. The predicted molar refractivity (Wildman–Crippen MR) is 56.3 cm³/mol. The van der Waals surface area contributed by atoms with E-state index in [1.54, 1.807) is 0 Å². The van der Waals surface area contributed by atoms with Gasteiger partial charge in [-0.15, -0.1) is 13.2 Å². The number of hydrogen-bond acceptors (Lipinski definition) is 2. The van der Waals surface area contributed by atoms with Crippen LogP contribution in [0.2, 0.25) is 0 Å². The lowest BCUT2D eigenvalue weighted by atomic mass is 10.1. The molecule has 0 aliphatic carbocycles. The summed E-state index contributed by atoms with van der Waals surface area (Å²) < 4.78 is 66.3. The predicted octanol–water partition coefficient (Wildman–Crippen LogP) is 3.93. The Morgan fingerprint density at radius 2 is 1.42 bits per heavy atom. The highest BCUT2D eigenvalue weighted by molar-refractivity contribution is 5.64. The molecule has 7 heteroatoms. The van der Waals surface area contributed by atoms with Gasteiger partial charge in [0.15, 0.2) is 11.6 Å². The maximum Gasteiger partial charge on any atom is 0.573 e. The average Bonchev–Trinajstić information content (AvgIpc) is 2.29. The van der Waals surface area contributed by atoms with Gasteiger partial charge in [0.25, 0.3) is 0 Å². The molecule has 1 aromatic heterocycles. The number of nitrogens with zero attached hydrogens (tertiary/aromatic N) is 1. The molecule has 0 N–H and O–H groups in total. The van der Waals surface area contributed by atoms with Crippen LogP contribution in [0.5, 0.6) is 5.75 Å². The first-order valence-electron chi connectivity index (χ1n) is 5.02. The van der Waals surface area contributed by atoms with Gasteiger partial charge in [0.2, 0.25) is 0 Å². The summed E-state index contributed by atoms with van der Waals surface area (Å²) in [5.74, 6) is -2.26. The summed E-state index contributed by atoms with van der Waals surface area (Å²) in [4.78, 5) is 3.31. The molecule has 0 saturated carbocycles. The number of ether oxygens (including phenoxy) is 1. The second kappa shape index (κ2) is 4.83. The first-order valence-corrected chi connectivity index (χ1v) is 5.02. The molecule has 0 unspecified atom stereocenters. The Labute approximate surface area is 104 Å². The van der Waals surface area contributed by atoms with Gasteiger partial charge in [0.05, 0.1) is 18.0 Å². The fourth-order valence-electron chi connectivity index (χ4n) is 1.51. The summed E-state index contributed by atoms with van der Waals surface area (Å²) >= 11 is 0. The zero-order valence-electron chi connectivity index (χ0n) is 9.21. The summed E-state index contributed by atoms with van der Waals surface area (Å²) in [6.45, 7) is 0. The van der Waals surface area contributed by atoms with Gasteiger partial charge in [0, 0.05) is 0 Å². The molecule has 19 heavy (non-hydrogen) atoms. The van der Waals surface area contributed by atoms with E-state index in [2.05, 4.69) is 9.72 Å². The maximum absolute atomic E-state index is 13.4. The standard InChI is InChI=1S/C12H6F5NO/c13-9-5-18-6-10(14)11(9)7-1-3-8(4-2-7)19-12(15,16)17/h1-6H. The van der Waals surface area contributed by atoms with Crippen molar-refractivity contribution >= 4 is 0 Å². The van der Waals surface area contributed by atoms with E-state index in [0.29, 0.717) is 0 Å². The molecule has 0 radical (unpaired) electrons. The first kappa shape index (κ1) is 13.3. The van der Waals surface area contributed by atoms with E-state index in [1.807, 2.05) is 0 Å². The van der Waals surface area contributed by atoms with E-state index in [4.69, 9.17) is 0 Å². The molecule has 0 fully saturated rings. The second-order valence-corrected chi connectivity index (χ2v) is 3.55. The molecular formula is C12H6F5NO. The third-order valence-corrected chi connectivity index (χ3v) is 2.23. The van der Waals surface area contributed by atoms with Gasteiger partial charge < -0.3 is 4.74 Å². The van der Waals surface area contributed by atoms with Gasteiger partial charge in [-0.25, -0.2) is 8.78 Å². The molecule has 1 heterocycles. The largest absolute Gasteiger partial charge is 0.573 e. The van der Waals surface area contributed by atoms with Crippen molar-refractivity contribution in [2.45, 2.75) is 6.36 Å². The van der Waals surface area contributed by atoms with Crippen LogP contribution in [-0.4, -0.2) is 11.3 Å². The Balaban J connectivity index is 2.33. The number of halogens is 5. The molecule has 0 atom stereocenters. The number of hydrogen-bond donors (Lipinski definition) is 0. The normalized spacial score (nSPS) is 11.4. The highest BCUT2D eigenvalue weighted by Gasteiger charge is 2.31. The molecule has 0 aliphatic heterocycles. The maximum atomic E-state index is 13.4. The Morgan fingerprint density at radius 3 is 1.89 bits per heavy atom. The summed E-state index contributed by atoms with van der Waals surface area (Å²) in [5.41, 5.74) is -0.263. The molecule has 0 spiro atoms. The molecule has 2 aromatic rings. The Kier molecular flexibility index (Phi) is 3.37. The number of pyridine rings is 1. The van der Waals surface area contributed by atoms with Crippen LogP contribution in [0.4, 0.5) is 22.0 Å². The lowest BCUT2D eigenvalue weighted by Gasteiger charge is -2.09. The first-order chi connectivity index (χ1) is 8.87. The molecule has 100 valence electrons. The highest BCUT2D eigenvalue weighted by Crippen LogP contribution is 2.29. The lowest BCUT2D eigenvalue weighted by molar-refractivity contribution is -0.274. The molecule has 0 aliphatic rings. The van der Waals surface area contributed by atoms with Crippen LogP contribution in [-0.2, 0) is 0 Å². The van der Waals surface area contributed by atoms with Crippen LogP contribution in [0.3, 0.4) is 0 Å². The van der Waals surface area contributed by atoms with E-state index in [9.17, 15) is 22.0 Å². The average molecular weight is 275 g/mol. The van der Waals surface area contributed by atoms with Crippen LogP contribution in [0, 0.1) is 11.6 Å². The van der Waals surface area contributed by atoms with E-state index in [-0.39, 0.29) is 11.1 Å². The SMILES string of the molecule is Fc1cncc(F)c1-c1ccc(OC(F)(F)F)cc1. The molecule has 0 amide bonds.